The van der Waals surface area contributed by atoms with Gasteiger partial charge in [-0.1, -0.05) is 12.1 Å². The number of anilines is 1. The Balaban J connectivity index is 1.56. The van der Waals surface area contributed by atoms with E-state index in [1.54, 1.807) is 7.11 Å². The summed E-state index contributed by atoms with van der Waals surface area (Å²) in [5.74, 6) is 1.84. The summed E-state index contributed by atoms with van der Waals surface area (Å²) < 4.78 is 22.9. The van der Waals surface area contributed by atoms with E-state index >= 15 is 0 Å². The monoisotopic (exact) mass is 396 g/mol. The van der Waals surface area contributed by atoms with Crippen molar-refractivity contribution in [2.24, 2.45) is 0 Å². The van der Waals surface area contributed by atoms with E-state index < -0.39 is 0 Å². The third-order valence-corrected chi connectivity index (χ3v) is 5.61. The van der Waals surface area contributed by atoms with Gasteiger partial charge < -0.3 is 29.2 Å². The lowest BCUT2D eigenvalue weighted by molar-refractivity contribution is 0.0426. The molecule has 2 aromatic carbocycles. The number of hydrogen-bond acceptors (Lipinski definition) is 6. The number of carbonyl (C=O) groups excluding carboxylic acids is 1. The minimum absolute atomic E-state index is 0.00583. The van der Waals surface area contributed by atoms with Gasteiger partial charge in [-0.05, 0) is 37.1 Å². The van der Waals surface area contributed by atoms with Gasteiger partial charge in [-0.25, -0.2) is 0 Å². The van der Waals surface area contributed by atoms with Gasteiger partial charge in [0.15, 0.2) is 11.5 Å². The fourth-order valence-electron chi connectivity index (χ4n) is 4.20. The second-order valence-corrected chi connectivity index (χ2v) is 7.43. The van der Waals surface area contributed by atoms with E-state index in [1.165, 1.54) is 0 Å². The van der Waals surface area contributed by atoms with Crippen LogP contribution in [0.3, 0.4) is 0 Å². The number of methoxy groups -OCH3 is 1. The molecule has 1 N–H and O–H groups in total. The molecular weight excluding hydrogens is 372 g/mol. The number of amides is 1. The van der Waals surface area contributed by atoms with E-state index in [2.05, 4.69) is 5.32 Å². The molecular formula is C22H24N2O5. The van der Waals surface area contributed by atoms with Crippen molar-refractivity contribution < 1.29 is 23.7 Å². The van der Waals surface area contributed by atoms with Gasteiger partial charge in [-0.3, -0.25) is 4.79 Å². The first-order valence-electron chi connectivity index (χ1n) is 10.0. The molecule has 7 heteroatoms. The predicted octanol–water partition coefficient (Wildman–Crippen LogP) is 3.21. The number of ether oxygens (including phenoxy) is 4. The van der Waals surface area contributed by atoms with Crippen LogP contribution in [0.4, 0.5) is 5.69 Å². The molecule has 3 heterocycles. The summed E-state index contributed by atoms with van der Waals surface area (Å²) in [5, 5.41) is 3.52. The Morgan fingerprint density at radius 1 is 1.17 bits per heavy atom. The first-order chi connectivity index (χ1) is 14.2. The maximum Gasteiger partial charge on any atom is 0.257 e. The normalized spacial score (nSPS) is 22.8. The molecule has 1 amide bonds. The molecule has 0 bridgehead atoms. The molecule has 0 unspecified atom stereocenters. The SMILES string of the molecule is COc1cc([C@H]2Nc3ccccc3C(=O)N2C[C@@H]2CCCO2)cc2c1OCCO2. The van der Waals surface area contributed by atoms with Crippen LogP contribution >= 0.6 is 0 Å². The average Bonchev–Trinajstić information content (AvgIpc) is 3.28. The summed E-state index contributed by atoms with van der Waals surface area (Å²) in [6.45, 7) is 2.25. The van der Waals surface area contributed by atoms with Crippen molar-refractivity contribution in [3.8, 4) is 17.2 Å². The lowest BCUT2D eigenvalue weighted by Crippen LogP contribution is -2.46. The topological polar surface area (TPSA) is 69.3 Å². The highest BCUT2D eigenvalue weighted by atomic mass is 16.6. The van der Waals surface area contributed by atoms with E-state index in [0.29, 0.717) is 42.6 Å². The first-order valence-corrected chi connectivity index (χ1v) is 10.0. The maximum absolute atomic E-state index is 13.4. The summed E-state index contributed by atoms with van der Waals surface area (Å²) in [7, 11) is 1.61. The number of para-hydroxylation sites is 1. The third-order valence-electron chi connectivity index (χ3n) is 5.61. The first kappa shape index (κ1) is 18.1. The molecule has 0 spiro atoms. The van der Waals surface area contributed by atoms with Crippen LogP contribution in [0.2, 0.25) is 0 Å². The maximum atomic E-state index is 13.4. The fraction of sp³-hybridized carbons (Fsp3) is 0.409. The second-order valence-electron chi connectivity index (χ2n) is 7.43. The van der Waals surface area contributed by atoms with Crippen LogP contribution in [0.15, 0.2) is 36.4 Å². The fourth-order valence-corrected chi connectivity index (χ4v) is 4.20. The number of hydrogen-bond donors (Lipinski definition) is 1. The summed E-state index contributed by atoms with van der Waals surface area (Å²) in [4.78, 5) is 15.2. The standard InChI is InChI=1S/C22H24N2O5/c1-26-18-11-14(12-19-20(18)29-10-9-28-19)21-23-17-7-3-2-6-16(17)22(25)24(21)13-15-5-4-8-27-15/h2-3,6-7,11-12,15,21,23H,4-5,8-10,13H2,1H3/t15-,21-/m0/s1. The molecule has 3 aliphatic heterocycles. The number of nitrogens with one attached hydrogen (secondary N) is 1. The highest BCUT2D eigenvalue weighted by Crippen LogP contribution is 2.44. The van der Waals surface area contributed by atoms with E-state index in [0.717, 1.165) is 30.7 Å². The molecule has 0 saturated carbocycles. The van der Waals surface area contributed by atoms with Crippen molar-refractivity contribution >= 4 is 11.6 Å². The van der Waals surface area contributed by atoms with Crippen molar-refractivity contribution in [3.63, 3.8) is 0 Å². The minimum Gasteiger partial charge on any atom is -0.493 e. The lowest BCUT2D eigenvalue weighted by Gasteiger charge is -2.39. The van der Waals surface area contributed by atoms with Crippen LogP contribution in [0.1, 0.15) is 34.9 Å². The molecule has 1 saturated heterocycles. The van der Waals surface area contributed by atoms with Crippen LogP contribution in [-0.2, 0) is 4.74 Å². The van der Waals surface area contributed by atoms with Gasteiger partial charge in [0, 0.05) is 24.4 Å². The number of nitrogens with zero attached hydrogens (tertiary/aromatic N) is 1. The number of rotatable bonds is 4. The summed E-state index contributed by atoms with van der Waals surface area (Å²) in [6.07, 6.45) is 1.68. The van der Waals surface area contributed by atoms with Gasteiger partial charge >= 0.3 is 0 Å². The molecule has 0 radical (unpaired) electrons. The van der Waals surface area contributed by atoms with Gasteiger partial charge in [0.05, 0.1) is 18.8 Å². The molecule has 7 nitrogen and oxygen atoms in total. The van der Waals surface area contributed by atoms with E-state index in [1.807, 2.05) is 41.3 Å². The van der Waals surface area contributed by atoms with Crippen molar-refractivity contribution in [1.29, 1.82) is 0 Å². The van der Waals surface area contributed by atoms with Crippen LogP contribution < -0.4 is 19.5 Å². The second kappa shape index (κ2) is 7.48. The smallest absolute Gasteiger partial charge is 0.257 e. The zero-order valence-electron chi connectivity index (χ0n) is 16.3. The van der Waals surface area contributed by atoms with Gasteiger partial charge in [0.25, 0.3) is 5.91 Å². The van der Waals surface area contributed by atoms with Crippen molar-refractivity contribution in [1.82, 2.24) is 4.90 Å². The van der Waals surface area contributed by atoms with Crippen molar-refractivity contribution in [2.75, 3.05) is 38.8 Å². The lowest BCUT2D eigenvalue weighted by atomic mass is 10.0. The van der Waals surface area contributed by atoms with Crippen LogP contribution in [0, 0.1) is 0 Å². The Kier molecular flexibility index (Phi) is 4.67. The number of fused-ring (bicyclic) bond motifs is 2. The summed E-state index contributed by atoms with van der Waals surface area (Å²) >= 11 is 0. The van der Waals surface area contributed by atoms with Gasteiger partial charge in [-0.2, -0.15) is 0 Å². The Bertz CT molecular complexity index is 908. The van der Waals surface area contributed by atoms with Crippen LogP contribution in [-0.4, -0.2) is 50.4 Å². The molecule has 2 aromatic rings. The third kappa shape index (κ3) is 3.25. The van der Waals surface area contributed by atoms with Gasteiger partial charge in [0.2, 0.25) is 5.75 Å². The Morgan fingerprint density at radius 3 is 2.86 bits per heavy atom. The Hall–Kier alpha value is -2.93. The largest absolute Gasteiger partial charge is 0.493 e. The summed E-state index contributed by atoms with van der Waals surface area (Å²) in [5.41, 5.74) is 2.37. The Labute approximate surface area is 169 Å². The Morgan fingerprint density at radius 2 is 2.03 bits per heavy atom. The molecule has 1 fully saturated rings. The van der Waals surface area contributed by atoms with Crippen LogP contribution in [0.5, 0.6) is 17.2 Å². The molecule has 152 valence electrons. The van der Waals surface area contributed by atoms with E-state index in [4.69, 9.17) is 18.9 Å². The molecule has 0 aromatic heterocycles. The molecule has 0 aliphatic carbocycles. The van der Waals surface area contributed by atoms with E-state index in [9.17, 15) is 4.79 Å². The number of carbonyl (C=O) groups is 1. The highest BCUT2D eigenvalue weighted by molar-refractivity contribution is 6.01. The van der Waals surface area contributed by atoms with E-state index in [-0.39, 0.29) is 18.2 Å². The van der Waals surface area contributed by atoms with Crippen LogP contribution in [0.25, 0.3) is 0 Å². The number of benzene rings is 2. The van der Waals surface area contributed by atoms with Crippen molar-refractivity contribution in [2.45, 2.75) is 25.1 Å². The molecule has 5 rings (SSSR count). The zero-order valence-corrected chi connectivity index (χ0v) is 16.3. The predicted molar refractivity (Wildman–Crippen MR) is 107 cm³/mol. The molecule has 2 atom stereocenters. The highest BCUT2D eigenvalue weighted by Gasteiger charge is 2.36. The van der Waals surface area contributed by atoms with Gasteiger partial charge in [0.1, 0.15) is 19.4 Å². The average molecular weight is 396 g/mol. The molecule has 29 heavy (non-hydrogen) atoms. The minimum atomic E-state index is -0.355. The molecule has 3 aliphatic rings. The zero-order chi connectivity index (χ0) is 19.8. The summed E-state index contributed by atoms with van der Waals surface area (Å²) in [6, 6.07) is 11.4. The van der Waals surface area contributed by atoms with Gasteiger partial charge in [-0.15, -0.1) is 0 Å². The quantitative estimate of drug-likeness (QED) is 0.856. The van der Waals surface area contributed by atoms with Crippen molar-refractivity contribution in [3.05, 3.63) is 47.5 Å².